The van der Waals surface area contributed by atoms with Crippen LogP contribution in [0.1, 0.15) is 32.1 Å². The number of hydrogen-bond donors (Lipinski definition) is 0. The van der Waals surface area contributed by atoms with Crippen LogP contribution in [0.25, 0.3) is 0 Å². The molecule has 0 atom stereocenters. The summed E-state index contributed by atoms with van der Waals surface area (Å²) in [7, 11) is -1.92. The first-order valence-electron chi connectivity index (χ1n) is 7.88. The minimum absolute atomic E-state index is 0.174. The Morgan fingerprint density at radius 1 is 1.21 bits per heavy atom. The third kappa shape index (κ3) is 4.77. The highest BCUT2D eigenvalue weighted by Crippen LogP contribution is 2.30. The first-order valence-corrected chi connectivity index (χ1v) is 10.5. The number of carbonyl (C=O) groups is 1. The zero-order valence-corrected chi connectivity index (χ0v) is 16.2. The molecule has 0 radical (unpaired) electrons. The van der Waals surface area contributed by atoms with Crippen molar-refractivity contribution in [2.45, 2.75) is 38.1 Å². The van der Waals surface area contributed by atoms with Crippen LogP contribution in [0.2, 0.25) is 10.0 Å². The highest BCUT2D eigenvalue weighted by molar-refractivity contribution is 7.92. The summed E-state index contributed by atoms with van der Waals surface area (Å²) in [5.74, 6) is -0.238. The highest BCUT2D eigenvalue weighted by Gasteiger charge is 2.28. The van der Waals surface area contributed by atoms with Crippen molar-refractivity contribution >= 4 is 44.8 Å². The molecule has 1 aliphatic carbocycles. The van der Waals surface area contributed by atoms with E-state index in [1.54, 1.807) is 18.0 Å². The maximum absolute atomic E-state index is 12.6. The van der Waals surface area contributed by atoms with Gasteiger partial charge in [0, 0.05) is 18.1 Å². The Balaban J connectivity index is 2.21. The normalized spacial score (nSPS) is 16.0. The lowest BCUT2D eigenvalue weighted by Gasteiger charge is -2.33. The molecule has 0 spiro atoms. The summed E-state index contributed by atoms with van der Waals surface area (Å²) in [6.45, 7) is -0.271. The van der Waals surface area contributed by atoms with Gasteiger partial charge in [0.2, 0.25) is 15.9 Å². The van der Waals surface area contributed by atoms with E-state index in [1.165, 1.54) is 18.6 Å². The lowest BCUT2D eigenvalue weighted by atomic mass is 9.94. The van der Waals surface area contributed by atoms with E-state index in [9.17, 15) is 13.2 Å². The molecule has 0 unspecified atom stereocenters. The Kier molecular flexibility index (Phi) is 6.39. The molecule has 1 aliphatic rings. The third-order valence-electron chi connectivity index (χ3n) is 4.37. The fourth-order valence-corrected chi connectivity index (χ4v) is 4.39. The fraction of sp³-hybridized carbons (Fsp3) is 0.562. The van der Waals surface area contributed by atoms with Crippen LogP contribution in [-0.4, -0.2) is 45.1 Å². The molecular formula is C16H22Cl2N2O3S. The van der Waals surface area contributed by atoms with Gasteiger partial charge in [0.15, 0.2) is 0 Å². The lowest BCUT2D eigenvalue weighted by Crippen LogP contribution is -2.45. The van der Waals surface area contributed by atoms with Crippen LogP contribution in [0.3, 0.4) is 0 Å². The second-order valence-corrected chi connectivity index (χ2v) is 8.91. The molecule has 0 saturated heterocycles. The lowest BCUT2D eigenvalue weighted by molar-refractivity contribution is -0.130. The number of nitrogens with zero attached hydrogens (tertiary/aromatic N) is 2. The molecule has 0 bridgehead atoms. The fourth-order valence-electron chi connectivity index (χ4n) is 2.97. The molecule has 5 nitrogen and oxygen atoms in total. The summed E-state index contributed by atoms with van der Waals surface area (Å²) in [4.78, 5) is 14.3. The molecule has 1 amide bonds. The van der Waals surface area contributed by atoms with Crippen LogP contribution in [0.15, 0.2) is 18.2 Å². The molecule has 24 heavy (non-hydrogen) atoms. The number of likely N-dealkylation sites (N-methyl/N-ethyl adjacent to an activating group) is 1. The smallest absolute Gasteiger partial charge is 0.243 e. The monoisotopic (exact) mass is 392 g/mol. The molecule has 1 fully saturated rings. The molecule has 1 saturated carbocycles. The Morgan fingerprint density at radius 3 is 2.38 bits per heavy atom. The van der Waals surface area contributed by atoms with E-state index < -0.39 is 10.0 Å². The second kappa shape index (κ2) is 7.93. The number of sulfonamides is 1. The van der Waals surface area contributed by atoms with E-state index in [4.69, 9.17) is 23.2 Å². The Hall–Kier alpha value is -0.980. The van der Waals surface area contributed by atoms with Crippen molar-refractivity contribution in [1.29, 1.82) is 0 Å². The number of anilines is 1. The molecular weight excluding hydrogens is 371 g/mol. The van der Waals surface area contributed by atoms with Crippen molar-refractivity contribution in [2.24, 2.45) is 0 Å². The molecule has 8 heteroatoms. The molecule has 0 aromatic heterocycles. The van der Waals surface area contributed by atoms with Crippen molar-refractivity contribution in [3.8, 4) is 0 Å². The van der Waals surface area contributed by atoms with Gasteiger partial charge in [0.1, 0.15) is 6.54 Å². The zero-order chi connectivity index (χ0) is 17.9. The van der Waals surface area contributed by atoms with Crippen molar-refractivity contribution < 1.29 is 13.2 Å². The van der Waals surface area contributed by atoms with Crippen molar-refractivity contribution in [1.82, 2.24) is 4.90 Å². The average Bonchev–Trinajstić information content (AvgIpc) is 2.52. The van der Waals surface area contributed by atoms with Gasteiger partial charge < -0.3 is 4.90 Å². The molecule has 134 valence electrons. The van der Waals surface area contributed by atoms with Crippen molar-refractivity contribution in [2.75, 3.05) is 24.2 Å². The summed E-state index contributed by atoms with van der Waals surface area (Å²) < 4.78 is 25.4. The zero-order valence-electron chi connectivity index (χ0n) is 13.8. The SMILES string of the molecule is CN(C(=O)CN(c1ccc(Cl)cc1Cl)S(C)(=O)=O)C1CCCCC1. The van der Waals surface area contributed by atoms with E-state index in [2.05, 4.69) is 0 Å². The van der Waals surface area contributed by atoms with Gasteiger partial charge in [-0.1, -0.05) is 42.5 Å². The Labute approximate surface area is 153 Å². The number of carbonyl (C=O) groups excluding carboxylic acids is 1. The average molecular weight is 393 g/mol. The van der Waals surface area contributed by atoms with E-state index in [0.29, 0.717) is 5.02 Å². The van der Waals surface area contributed by atoms with Gasteiger partial charge >= 0.3 is 0 Å². The Bertz CT molecular complexity index is 703. The van der Waals surface area contributed by atoms with Gasteiger partial charge in [-0.05, 0) is 31.0 Å². The standard InChI is InChI=1S/C16H22Cl2N2O3S/c1-19(13-6-4-3-5-7-13)16(21)11-20(24(2,22)23)15-9-8-12(17)10-14(15)18/h8-10,13H,3-7,11H2,1-2H3. The number of hydrogen-bond acceptors (Lipinski definition) is 3. The van der Waals surface area contributed by atoms with Crippen molar-refractivity contribution in [3.05, 3.63) is 28.2 Å². The second-order valence-electron chi connectivity index (χ2n) is 6.16. The van der Waals surface area contributed by atoms with Gasteiger partial charge in [-0.3, -0.25) is 9.10 Å². The minimum atomic E-state index is -3.65. The van der Waals surface area contributed by atoms with E-state index in [0.717, 1.165) is 36.2 Å². The number of benzene rings is 1. The first-order chi connectivity index (χ1) is 11.2. The Morgan fingerprint density at radius 2 is 1.83 bits per heavy atom. The number of rotatable bonds is 5. The molecule has 1 aromatic carbocycles. The van der Waals surface area contributed by atoms with E-state index >= 15 is 0 Å². The highest BCUT2D eigenvalue weighted by atomic mass is 35.5. The summed E-state index contributed by atoms with van der Waals surface area (Å²) in [6, 6.07) is 4.70. The quantitative estimate of drug-likeness (QED) is 0.769. The number of amides is 1. The van der Waals surface area contributed by atoms with Crippen LogP contribution in [0.5, 0.6) is 0 Å². The van der Waals surface area contributed by atoms with Crippen LogP contribution in [0, 0.1) is 0 Å². The predicted octanol–water partition coefficient (Wildman–Crippen LogP) is 3.55. The topological polar surface area (TPSA) is 57.7 Å². The number of halogens is 2. The van der Waals surface area contributed by atoms with Gasteiger partial charge in [0.25, 0.3) is 0 Å². The molecule has 0 heterocycles. The summed E-state index contributed by atoms with van der Waals surface area (Å²) >= 11 is 12.0. The largest absolute Gasteiger partial charge is 0.341 e. The maximum atomic E-state index is 12.6. The summed E-state index contributed by atoms with van der Waals surface area (Å²) in [6.07, 6.45) is 6.37. The predicted molar refractivity (Wildman–Crippen MR) is 98.3 cm³/mol. The summed E-state index contributed by atoms with van der Waals surface area (Å²) in [5, 5.41) is 0.601. The van der Waals surface area contributed by atoms with Crippen LogP contribution in [-0.2, 0) is 14.8 Å². The molecule has 0 N–H and O–H groups in total. The summed E-state index contributed by atoms with van der Waals surface area (Å²) in [5.41, 5.74) is 0.258. The van der Waals surface area contributed by atoms with E-state index in [1.807, 2.05) is 0 Å². The van der Waals surface area contributed by atoms with Crippen molar-refractivity contribution in [3.63, 3.8) is 0 Å². The van der Waals surface area contributed by atoms with Gasteiger partial charge in [-0.2, -0.15) is 0 Å². The van der Waals surface area contributed by atoms with Gasteiger partial charge in [0.05, 0.1) is 17.0 Å². The van der Waals surface area contributed by atoms with Crippen LogP contribution >= 0.6 is 23.2 Å². The van der Waals surface area contributed by atoms with Crippen LogP contribution in [0.4, 0.5) is 5.69 Å². The van der Waals surface area contributed by atoms with Crippen LogP contribution < -0.4 is 4.31 Å². The molecule has 2 rings (SSSR count). The third-order valence-corrected chi connectivity index (χ3v) is 6.04. The van der Waals surface area contributed by atoms with E-state index in [-0.39, 0.29) is 29.2 Å². The van der Waals surface area contributed by atoms with Gasteiger partial charge in [-0.15, -0.1) is 0 Å². The molecule has 1 aromatic rings. The van der Waals surface area contributed by atoms with Gasteiger partial charge in [-0.25, -0.2) is 8.42 Å². The minimum Gasteiger partial charge on any atom is -0.341 e. The first kappa shape index (κ1) is 19.3. The maximum Gasteiger partial charge on any atom is 0.243 e. The molecule has 0 aliphatic heterocycles.